The van der Waals surface area contributed by atoms with Gasteiger partial charge in [-0.15, -0.1) is 0 Å². The van der Waals surface area contributed by atoms with Crippen LogP contribution in [0.5, 0.6) is 11.5 Å². The van der Waals surface area contributed by atoms with Crippen molar-refractivity contribution in [3.05, 3.63) is 66.6 Å². The van der Waals surface area contributed by atoms with E-state index in [2.05, 4.69) is 31.7 Å². The van der Waals surface area contributed by atoms with Gasteiger partial charge in [0, 0.05) is 43.7 Å². The summed E-state index contributed by atoms with van der Waals surface area (Å²) in [7, 11) is 0. The average Bonchev–Trinajstić information content (AvgIpc) is 3.32. The van der Waals surface area contributed by atoms with Crippen LogP contribution in [0.1, 0.15) is 39.3 Å². The SMILES string of the molecule is CC(C)(C)OC(=O)N1CCC(N2CC(C#Cc3[nH]c4ncnc(N)c4c3-c3ccc(Oc4ccccc4)cc3)C2)CC1. The number of aromatic amines is 1. The van der Waals surface area contributed by atoms with Crippen LogP contribution in [0, 0.1) is 17.8 Å². The second kappa shape index (κ2) is 11.4. The molecule has 0 spiro atoms. The number of nitrogen functional groups attached to an aromatic ring is 1. The lowest BCUT2D eigenvalue weighted by molar-refractivity contribution is 0.00411. The zero-order valence-corrected chi connectivity index (χ0v) is 24.3. The molecular formula is C33H36N6O3. The molecule has 2 aliphatic heterocycles. The third kappa shape index (κ3) is 6.04. The molecule has 1 amide bonds. The maximum Gasteiger partial charge on any atom is 0.410 e. The van der Waals surface area contributed by atoms with Crippen LogP contribution in [0.3, 0.4) is 0 Å². The molecule has 0 bridgehead atoms. The second-order valence-electron chi connectivity index (χ2n) is 11.9. The standard InChI is InChI=1S/C33H36N6O3/c1-33(2,3)42-32(40)38-17-15-24(16-18-38)39-19-22(20-39)9-14-27-28(29-30(34)35-21-36-31(29)37-27)23-10-12-26(13-11-23)41-25-7-5-4-6-8-25/h4-8,10-13,21-22,24H,15-20H2,1-3H3,(H3,34,35,36,37). The lowest BCUT2D eigenvalue weighted by atomic mass is 9.93. The fraction of sp³-hybridized carbons (Fsp3) is 0.364. The number of likely N-dealkylation sites (tertiary alicyclic amines) is 2. The topological polar surface area (TPSA) is 110 Å². The van der Waals surface area contributed by atoms with Crippen LogP contribution in [0.2, 0.25) is 0 Å². The summed E-state index contributed by atoms with van der Waals surface area (Å²) in [6, 6.07) is 18.1. The number of fused-ring (bicyclic) bond motifs is 1. The molecule has 9 heteroatoms. The monoisotopic (exact) mass is 564 g/mol. The number of benzene rings is 2. The number of anilines is 1. The van der Waals surface area contributed by atoms with Gasteiger partial charge in [-0.05, 0) is 69.4 Å². The number of para-hydroxylation sites is 1. The van der Waals surface area contributed by atoms with E-state index in [0.717, 1.165) is 72.7 Å². The Hall–Kier alpha value is -4.55. The Morgan fingerprint density at radius 3 is 2.38 bits per heavy atom. The van der Waals surface area contributed by atoms with Crippen molar-refractivity contribution in [2.24, 2.45) is 5.92 Å². The maximum absolute atomic E-state index is 12.4. The molecule has 9 nitrogen and oxygen atoms in total. The number of ether oxygens (including phenoxy) is 2. The van der Waals surface area contributed by atoms with Gasteiger partial charge in [0.1, 0.15) is 34.9 Å². The number of aromatic nitrogens is 3. The summed E-state index contributed by atoms with van der Waals surface area (Å²) in [5.41, 5.74) is 9.13. The average molecular weight is 565 g/mol. The Balaban J connectivity index is 1.13. The zero-order valence-electron chi connectivity index (χ0n) is 24.3. The number of nitrogens with two attached hydrogens (primary N) is 1. The van der Waals surface area contributed by atoms with Crippen molar-refractivity contribution in [1.29, 1.82) is 0 Å². The number of nitrogens with one attached hydrogen (secondary N) is 1. The van der Waals surface area contributed by atoms with Crippen molar-refractivity contribution in [2.45, 2.75) is 45.3 Å². The highest BCUT2D eigenvalue weighted by molar-refractivity contribution is 6.03. The molecule has 4 aromatic rings. The van der Waals surface area contributed by atoms with Crippen LogP contribution >= 0.6 is 0 Å². The van der Waals surface area contributed by atoms with Crippen LogP contribution in [0.4, 0.5) is 10.6 Å². The maximum atomic E-state index is 12.4. The molecule has 6 rings (SSSR count). The number of carbonyl (C=O) groups is 1. The lowest BCUT2D eigenvalue weighted by Crippen LogP contribution is -2.55. The number of rotatable bonds is 4. The lowest BCUT2D eigenvalue weighted by Gasteiger charge is -2.45. The third-order valence-corrected chi connectivity index (χ3v) is 7.69. The van der Waals surface area contributed by atoms with Crippen molar-refractivity contribution in [3.8, 4) is 34.5 Å². The first-order valence-electron chi connectivity index (χ1n) is 14.4. The molecule has 0 atom stereocenters. The highest BCUT2D eigenvalue weighted by Crippen LogP contribution is 2.35. The van der Waals surface area contributed by atoms with Gasteiger partial charge in [-0.1, -0.05) is 36.3 Å². The highest BCUT2D eigenvalue weighted by atomic mass is 16.6. The summed E-state index contributed by atoms with van der Waals surface area (Å²) in [6.45, 7) is 9.00. The van der Waals surface area contributed by atoms with E-state index >= 15 is 0 Å². The van der Waals surface area contributed by atoms with Gasteiger partial charge in [0.15, 0.2) is 0 Å². The van der Waals surface area contributed by atoms with Gasteiger partial charge in [-0.3, -0.25) is 4.90 Å². The Labute approximate surface area is 246 Å². The minimum Gasteiger partial charge on any atom is -0.457 e. The van der Waals surface area contributed by atoms with Crippen LogP contribution in [-0.4, -0.2) is 68.7 Å². The smallest absolute Gasteiger partial charge is 0.410 e. The number of carbonyl (C=O) groups excluding carboxylic acids is 1. The van der Waals surface area contributed by atoms with Gasteiger partial charge in [0.2, 0.25) is 0 Å². The second-order valence-corrected chi connectivity index (χ2v) is 11.9. The molecule has 216 valence electrons. The molecule has 3 N–H and O–H groups in total. The molecule has 42 heavy (non-hydrogen) atoms. The van der Waals surface area contributed by atoms with Crippen LogP contribution in [-0.2, 0) is 4.74 Å². The van der Waals surface area contributed by atoms with E-state index in [-0.39, 0.29) is 12.0 Å². The fourth-order valence-corrected chi connectivity index (χ4v) is 5.56. The van der Waals surface area contributed by atoms with E-state index in [1.54, 1.807) is 0 Å². The number of hydrogen-bond donors (Lipinski definition) is 2. The molecule has 2 saturated heterocycles. The number of piperidine rings is 1. The summed E-state index contributed by atoms with van der Waals surface area (Å²) in [6.07, 6.45) is 3.15. The van der Waals surface area contributed by atoms with Gasteiger partial charge in [-0.25, -0.2) is 14.8 Å². The minimum absolute atomic E-state index is 0.217. The molecule has 2 aromatic heterocycles. The summed E-state index contributed by atoms with van der Waals surface area (Å²) < 4.78 is 11.5. The Morgan fingerprint density at radius 1 is 1.00 bits per heavy atom. The first-order valence-corrected chi connectivity index (χ1v) is 14.4. The Bertz CT molecular complexity index is 1620. The molecule has 0 aliphatic carbocycles. The van der Waals surface area contributed by atoms with E-state index in [0.29, 0.717) is 17.5 Å². The molecule has 2 aromatic carbocycles. The van der Waals surface area contributed by atoms with Crippen LogP contribution in [0.25, 0.3) is 22.2 Å². The quantitative estimate of drug-likeness (QED) is 0.307. The van der Waals surface area contributed by atoms with Crippen molar-refractivity contribution in [3.63, 3.8) is 0 Å². The summed E-state index contributed by atoms with van der Waals surface area (Å²) >= 11 is 0. The van der Waals surface area contributed by atoms with Crippen molar-refractivity contribution in [1.82, 2.24) is 24.8 Å². The predicted octanol–water partition coefficient (Wildman–Crippen LogP) is 5.68. The Kier molecular flexibility index (Phi) is 7.48. The van der Waals surface area contributed by atoms with Crippen LogP contribution < -0.4 is 10.5 Å². The molecular weight excluding hydrogens is 528 g/mol. The summed E-state index contributed by atoms with van der Waals surface area (Å²) in [5, 5.41) is 0.769. The highest BCUT2D eigenvalue weighted by Gasteiger charge is 2.35. The van der Waals surface area contributed by atoms with Gasteiger partial charge >= 0.3 is 6.09 Å². The van der Waals surface area contributed by atoms with Gasteiger partial charge in [0.25, 0.3) is 0 Å². The number of hydrogen-bond acceptors (Lipinski definition) is 7. The number of nitrogens with zero attached hydrogens (tertiary/aromatic N) is 4. The summed E-state index contributed by atoms with van der Waals surface area (Å²) in [4.78, 5) is 28.7. The molecule has 2 fully saturated rings. The van der Waals surface area contributed by atoms with E-state index < -0.39 is 5.60 Å². The summed E-state index contributed by atoms with van der Waals surface area (Å²) in [5.74, 6) is 9.08. The molecule has 0 radical (unpaired) electrons. The minimum atomic E-state index is -0.472. The molecule has 2 aliphatic rings. The molecule has 0 unspecified atom stereocenters. The number of H-pyrrole nitrogens is 1. The first kappa shape index (κ1) is 27.6. The van der Waals surface area contributed by atoms with E-state index in [4.69, 9.17) is 15.2 Å². The van der Waals surface area contributed by atoms with E-state index in [9.17, 15) is 4.79 Å². The first-order chi connectivity index (χ1) is 20.2. The van der Waals surface area contributed by atoms with Crippen LogP contribution in [0.15, 0.2) is 60.9 Å². The van der Waals surface area contributed by atoms with E-state index in [1.807, 2.05) is 80.3 Å². The normalized spacial score (nSPS) is 16.5. The van der Waals surface area contributed by atoms with Gasteiger partial charge in [-0.2, -0.15) is 0 Å². The predicted molar refractivity (Wildman–Crippen MR) is 163 cm³/mol. The largest absolute Gasteiger partial charge is 0.457 e. The number of amides is 1. The Morgan fingerprint density at radius 2 is 1.69 bits per heavy atom. The van der Waals surface area contributed by atoms with Crippen molar-refractivity contribution in [2.75, 3.05) is 31.9 Å². The fourth-order valence-electron chi connectivity index (χ4n) is 5.56. The van der Waals surface area contributed by atoms with E-state index in [1.165, 1.54) is 6.33 Å². The zero-order chi connectivity index (χ0) is 29.3. The molecule has 0 saturated carbocycles. The van der Waals surface area contributed by atoms with Crippen molar-refractivity contribution < 1.29 is 14.3 Å². The third-order valence-electron chi connectivity index (χ3n) is 7.69. The van der Waals surface area contributed by atoms with Crippen molar-refractivity contribution >= 4 is 22.9 Å². The van der Waals surface area contributed by atoms with Gasteiger partial charge in [0.05, 0.1) is 11.1 Å². The van der Waals surface area contributed by atoms with Gasteiger partial charge < -0.3 is 25.1 Å². The molecule has 4 heterocycles.